The zero-order chi connectivity index (χ0) is 19.3. The maximum atomic E-state index is 12.2. The molecular formula is C18H18Cl2N2O4. The Morgan fingerprint density at radius 1 is 1.19 bits per heavy atom. The quantitative estimate of drug-likeness (QED) is 0.570. The number of halogens is 2. The number of amides is 1. The Morgan fingerprint density at radius 3 is 2.46 bits per heavy atom. The number of rotatable bonds is 7. The Kier molecular flexibility index (Phi) is 6.83. The molecule has 0 aliphatic heterocycles. The van der Waals surface area contributed by atoms with Crippen LogP contribution in [0.25, 0.3) is 0 Å². The van der Waals surface area contributed by atoms with E-state index in [1.165, 1.54) is 6.07 Å². The van der Waals surface area contributed by atoms with Crippen LogP contribution in [0.15, 0.2) is 30.3 Å². The maximum Gasteiger partial charge on any atom is 0.361 e. The fourth-order valence-electron chi connectivity index (χ4n) is 2.19. The molecule has 0 bridgehead atoms. The summed E-state index contributed by atoms with van der Waals surface area (Å²) in [6.07, 6.45) is -0.246. The normalized spacial score (nSPS) is 10.7. The van der Waals surface area contributed by atoms with Gasteiger partial charge in [-0.25, -0.2) is 9.78 Å². The molecule has 2 rings (SSSR count). The first-order valence-electron chi connectivity index (χ1n) is 7.82. The highest BCUT2D eigenvalue weighted by molar-refractivity contribution is 6.41. The maximum absolute atomic E-state index is 12.2. The summed E-state index contributed by atoms with van der Waals surface area (Å²) in [5, 5.41) is 0.122. The summed E-state index contributed by atoms with van der Waals surface area (Å²) in [5.74, 6) is -0.979. The molecule has 0 fully saturated rings. The smallest absolute Gasteiger partial charge is 0.361 e. The SMILES string of the molecule is CC(C)OC(=O)c1nc(Cl)c(Cl)cc1OCc1ccccc1CC(N)=O. The number of nitrogens with zero attached hydrogens (tertiary/aromatic N) is 1. The van der Waals surface area contributed by atoms with E-state index in [0.717, 1.165) is 11.1 Å². The first-order chi connectivity index (χ1) is 12.3. The average molecular weight is 397 g/mol. The van der Waals surface area contributed by atoms with Gasteiger partial charge >= 0.3 is 5.97 Å². The summed E-state index contributed by atoms with van der Waals surface area (Å²) in [4.78, 5) is 27.4. The van der Waals surface area contributed by atoms with Gasteiger partial charge < -0.3 is 15.2 Å². The zero-order valence-electron chi connectivity index (χ0n) is 14.3. The molecule has 0 saturated heterocycles. The number of hydrogen-bond donors (Lipinski definition) is 1. The van der Waals surface area contributed by atoms with Crippen molar-refractivity contribution in [3.63, 3.8) is 0 Å². The molecule has 2 N–H and O–H groups in total. The van der Waals surface area contributed by atoms with Crippen LogP contribution in [-0.2, 0) is 22.6 Å². The summed E-state index contributed by atoms with van der Waals surface area (Å²) < 4.78 is 10.9. The van der Waals surface area contributed by atoms with E-state index < -0.39 is 11.9 Å². The van der Waals surface area contributed by atoms with E-state index in [0.29, 0.717) is 0 Å². The predicted octanol–water partition coefficient (Wildman–Crippen LogP) is 3.56. The summed E-state index contributed by atoms with van der Waals surface area (Å²) in [7, 11) is 0. The summed E-state index contributed by atoms with van der Waals surface area (Å²) in [6.45, 7) is 3.52. The molecule has 26 heavy (non-hydrogen) atoms. The number of carbonyl (C=O) groups excluding carboxylic acids is 2. The number of pyridine rings is 1. The first kappa shape index (κ1) is 20.0. The molecule has 138 valence electrons. The molecule has 0 aliphatic carbocycles. The largest absolute Gasteiger partial charge is 0.486 e. The molecule has 1 heterocycles. The summed E-state index contributed by atoms with van der Waals surface area (Å²) in [6, 6.07) is 8.60. The Hall–Kier alpha value is -2.31. The number of nitrogens with two attached hydrogens (primary N) is 1. The molecule has 1 aromatic heterocycles. The fourth-order valence-corrected chi connectivity index (χ4v) is 2.47. The Balaban J connectivity index is 2.28. The average Bonchev–Trinajstić information content (AvgIpc) is 2.55. The van der Waals surface area contributed by atoms with E-state index in [-0.39, 0.29) is 40.8 Å². The van der Waals surface area contributed by atoms with Gasteiger partial charge in [0.15, 0.2) is 11.4 Å². The summed E-state index contributed by atoms with van der Waals surface area (Å²) in [5.41, 5.74) is 6.68. The van der Waals surface area contributed by atoms with Crippen molar-refractivity contribution in [2.24, 2.45) is 5.73 Å². The van der Waals surface area contributed by atoms with E-state index >= 15 is 0 Å². The van der Waals surface area contributed by atoms with E-state index in [2.05, 4.69) is 4.98 Å². The van der Waals surface area contributed by atoms with E-state index in [1.54, 1.807) is 32.0 Å². The van der Waals surface area contributed by atoms with Gasteiger partial charge in [0.2, 0.25) is 5.91 Å². The third-order valence-corrected chi connectivity index (χ3v) is 3.97. The lowest BCUT2D eigenvalue weighted by atomic mass is 10.1. The second-order valence-electron chi connectivity index (χ2n) is 5.76. The van der Waals surface area contributed by atoms with Crippen molar-refractivity contribution < 1.29 is 19.1 Å². The Bertz CT molecular complexity index is 825. The predicted molar refractivity (Wildman–Crippen MR) is 98.5 cm³/mol. The molecule has 0 spiro atoms. The van der Waals surface area contributed by atoms with Gasteiger partial charge in [-0.1, -0.05) is 47.5 Å². The topological polar surface area (TPSA) is 91.5 Å². The number of carbonyl (C=O) groups is 2. The zero-order valence-corrected chi connectivity index (χ0v) is 15.8. The molecule has 1 amide bonds. The van der Waals surface area contributed by atoms with Crippen molar-refractivity contribution in [2.45, 2.75) is 33.0 Å². The monoisotopic (exact) mass is 396 g/mol. The number of primary amides is 1. The van der Waals surface area contributed by atoms with Crippen LogP contribution in [0.1, 0.15) is 35.5 Å². The molecule has 0 unspecified atom stereocenters. The molecule has 0 aliphatic rings. The van der Waals surface area contributed by atoms with E-state index in [4.69, 9.17) is 38.4 Å². The molecule has 0 atom stereocenters. The van der Waals surface area contributed by atoms with Crippen LogP contribution >= 0.6 is 23.2 Å². The first-order valence-corrected chi connectivity index (χ1v) is 8.58. The van der Waals surface area contributed by atoms with Crippen molar-refractivity contribution in [2.75, 3.05) is 0 Å². The summed E-state index contributed by atoms with van der Waals surface area (Å²) >= 11 is 11.9. The van der Waals surface area contributed by atoms with Crippen LogP contribution in [-0.4, -0.2) is 23.0 Å². The molecule has 0 saturated carbocycles. The number of benzene rings is 1. The van der Waals surface area contributed by atoms with Gasteiger partial charge in [-0.15, -0.1) is 0 Å². The number of ether oxygens (including phenoxy) is 2. The van der Waals surface area contributed by atoms with Crippen molar-refractivity contribution in [1.82, 2.24) is 4.98 Å². The van der Waals surface area contributed by atoms with Gasteiger partial charge in [-0.3, -0.25) is 4.79 Å². The van der Waals surface area contributed by atoms with Gasteiger partial charge in [0.05, 0.1) is 17.5 Å². The van der Waals surface area contributed by atoms with Crippen LogP contribution in [0.2, 0.25) is 10.2 Å². The third kappa shape index (κ3) is 5.34. The van der Waals surface area contributed by atoms with Gasteiger partial charge in [0.1, 0.15) is 11.8 Å². The molecular weight excluding hydrogens is 379 g/mol. The van der Waals surface area contributed by atoms with Crippen LogP contribution in [0.3, 0.4) is 0 Å². The minimum absolute atomic E-state index is 0.0242. The van der Waals surface area contributed by atoms with E-state index in [1.807, 2.05) is 6.07 Å². The molecule has 1 aromatic carbocycles. The van der Waals surface area contributed by atoms with Gasteiger partial charge in [-0.2, -0.15) is 0 Å². The number of esters is 1. The van der Waals surface area contributed by atoms with Crippen molar-refractivity contribution >= 4 is 35.1 Å². The Morgan fingerprint density at radius 2 is 1.85 bits per heavy atom. The van der Waals surface area contributed by atoms with Crippen LogP contribution in [0, 0.1) is 0 Å². The number of hydrogen-bond acceptors (Lipinski definition) is 5. The standard InChI is InChI=1S/C18H18Cl2N2O4/c1-10(2)26-18(24)16-14(8-13(19)17(20)22-16)25-9-12-6-4-3-5-11(12)7-15(21)23/h3-6,8,10H,7,9H2,1-2H3,(H2,21,23). The number of aromatic nitrogens is 1. The van der Waals surface area contributed by atoms with Gasteiger partial charge in [-0.05, 0) is 25.0 Å². The van der Waals surface area contributed by atoms with Crippen LogP contribution in [0.4, 0.5) is 0 Å². The van der Waals surface area contributed by atoms with Gasteiger partial charge in [0.25, 0.3) is 0 Å². The lowest BCUT2D eigenvalue weighted by molar-refractivity contribution is -0.117. The van der Waals surface area contributed by atoms with Crippen LogP contribution in [0.5, 0.6) is 5.75 Å². The van der Waals surface area contributed by atoms with E-state index in [9.17, 15) is 9.59 Å². The lowest BCUT2D eigenvalue weighted by Crippen LogP contribution is -2.16. The highest BCUT2D eigenvalue weighted by atomic mass is 35.5. The molecule has 2 aromatic rings. The van der Waals surface area contributed by atoms with Crippen molar-refractivity contribution in [3.05, 3.63) is 57.3 Å². The molecule has 6 nitrogen and oxygen atoms in total. The highest BCUT2D eigenvalue weighted by Crippen LogP contribution is 2.29. The van der Waals surface area contributed by atoms with Crippen molar-refractivity contribution in [1.29, 1.82) is 0 Å². The molecule has 8 heteroatoms. The van der Waals surface area contributed by atoms with Crippen molar-refractivity contribution in [3.8, 4) is 5.75 Å². The second-order valence-corrected chi connectivity index (χ2v) is 6.53. The minimum Gasteiger partial charge on any atom is -0.486 e. The Labute approximate surface area is 161 Å². The van der Waals surface area contributed by atoms with Gasteiger partial charge in [0, 0.05) is 6.07 Å². The second kappa shape index (κ2) is 8.87. The fraction of sp³-hybridized carbons (Fsp3) is 0.278. The molecule has 0 radical (unpaired) electrons. The minimum atomic E-state index is -0.668. The van der Waals surface area contributed by atoms with Crippen LogP contribution < -0.4 is 10.5 Å². The third-order valence-electron chi connectivity index (χ3n) is 3.30. The highest BCUT2D eigenvalue weighted by Gasteiger charge is 2.20. The lowest BCUT2D eigenvalue weighted by Gasteiger charge is -2.14.